The third-order valence-corrected chi connectivity index (χ3v) is 4.45. The van der Waals surface area contributed by atoms with Gasteiger partial charge in [0.05, 0.1) is 0 Å². The van der Waals surface area contributed by atoms with Crippen molar-refractivity contribution in [2.75, 3.05) is 13.1 Å². The largest absolute Gasteiger partial charge is 0.480 e. The van der Waals surface area contributed by atoms with Gasteiger partial charge in [0.25, 0.3) is 0 Å². The van der Waals surface area contributed by atoms with Crippen LogP contribution in [0.1, 0.15) is 104 Å². The summed E-state index contributed by atoms with van der Waals surface area (Å²) in [5.41, 5.74) is 0. The first-order chi connectivity index (χ1) is 11.6. The van der Waals surface area contributed by atoms with Gasteiger partial charge in [-0.1, -0.05) is 84.5 Å². The molecule has 0 atom stereocenters. The van der Waals surface area contributed by atoms with Crippen molar-refractivity contribution in [2.24, 2.45) is 0 Å². The summed E-state index contributed by atoms with van der Waals surface area (Å²) in [6, 6.07) is 0. The van der Waals surface area contributed by atoms with Gasteiger partial charge < -0.3 is 10.0 Å². The minimum absolute atomic E-state index is 0.00164. The van der Waals surface area contributed by atoms with Crippen LogP contribution in [0, 0.1) is 0 Å². The molecule has 4 nitrogen and oxygen atoms in total. The second-order valence-corrected chi connectivity index (χ2v) is 6.85. The van der Waals surface area contributed by atoms with Crippen LogP contribution in [0.15, 0.2) is 0 Å². The van der Waals surface area contributed by atoms with Gasteiger partial charge in [-0.25, -0.2) is 0 Å². The van der Waals surface area contributed by atoms with Gasteiger partial charge in [-0.05, 0) is 12.8 Å². The van der Waals surface area contributed by atoms with Gasteiger partial charge in [-0.15, -0.1) is 0 Å². The first kappa shape index (κ1) is 22.9. The van der Waals surface area contributed by atoms with E-state index < -0.39 is 5.97 Å². The molecule has 0 spiro atoms. The molecule has 0 aromatic heterocycles. The second-order valence-electron chi connectivity index (χ2n) is 6.85. The predicted molar refractivity (Wildman–Crippen MR) is 100 cm³/mol. The molecule has 0 fully saturated rings. The van der Waals surface area contributed by atoms with Crippen molar-refractivity contribution in [3.05, 3.63) is 0 Å². The molecular weight excluding hydrogens is 302 g/mol. The number of aliphatic carboxylic acids is 1. The summed E-state index contributed by atoms with van der Waals surface area (Å²) in [4.78, 5) is 24.5. The molecule has 0 rings (SSSR count). The lowest BCUT2D eigenvalue weighted by Crippen LogP contribution is -2.36. The molecule has 0 aliphatic carbocycles. The number of hydrogen-bond donors (Lipinski definition) is 1. The van der Waals surface area contributed by atoms with Crippen LogP contribution in [-0.2, 0) is 9.59 Å². The molecule has 0 aliphatic heterocycles. The fourth-order valence-corrected chi connectivity index (χ4v) is 2.90. The zero-order chi connectivity index (χ0) is 18.0. The lowest BCUT2D eigenvalue weighted by atomic mass is 10.1. The van der Waals surface area contributed by atoms with Gasteiger partial charge >= 0.3 is 5.97 Å². The molecule has 0 saturated heterocycles. The molecule has 1 N–H and O–H groups in total. The zero-order valence-electron chi connectivity index (χ0n) is 16.0. The summed E-state index contributed by atoms with van der Waals surface area (Å²) in [6.45, 7) is 4.71. The van der Waals surface area contributed by atoms with Crippen molar-refractivity contribution >= 4 is 11.9 Å². The number of rotatable bonds is 17. The van der Waals surface area contributed by atoms with E-state index in [1.807, 2.05) is 6.92 Å². The van der Waals surface area contributed by atoms with E-state index in [1.54, 1.807) is 0 Å². The maximum Gasteiger partial charge on any atom is 0.323 e. The smallest absolute Gasteiger partial charge is 0.323 e. The van der Waals surface area contributed by atoms with Gasteiger partial charge in [-0.3, -0.25) is 9.59 Å². The molecule has 0 heterocycles. The van der Waals surface area contributed by atoms with E-state index in [0.29, 0.717) is 13.0 Å². The van der Waals surface area contributed by atoms with Crippen LogP contribution in [-0.4, -0.2) is 35.0 Å². The van der Waals surface area contributed by atoms with Crippen molar-refractivity contribution in [3.8, 4) is 0 Å². The minimum Gasteiger partial charge on any atom is -0.480 e. The van der Waals surface area contributed by atoms with E-state index in [1.165, 1.54) is 62.7 Å². The normalized spacial score (nSPS) is 10.8. The maximum absolute atomic E-state index is 12.1. The zero-order valence-corrected chi connectivity index (χ0v) is 16.0. The highest BCUT2D eigenvalue weighted by atomic mass is 16.4. The van der Waals surface area contributed by atoms with Crippen molar-refractivity contribution in [1.29, 1.82) is 0 Å². The van der Waals surface area contributed by atoms with Gasteiger partial charge in [0.2, 0.25) is 5.91 Å². The van der Waals surface area contributed by atoms with Gasteiger partial charge in [0.1, 0.15) is 6.54 Å². The third-order valence-electron chi connectivity index (χ3n) is 4.45. The van der Waals surface area contributed by atoms with Crippen molar-refractivity contribution in [3.63, 3.8) is 0 Å². The average Bonchev–Trinajstić information content (AvgIpc) is 2.55. The van der Waals surface area contributed by atoms with Gasteiger partial charge in [0, 0.05) is 13.0 Å². The molecule has 0 saturated carbocycles. The molecular formula is C20H39NO3. The van der Waals surface area contributed by atoms with E-state index in [4.69, 9.17) is 5.11 Å². The quantitative estimate of drug-likeness (QED) is 0.360. The number of nitrogens with zero attached hydrogens (tertiary/aromatic N) is 1. The Morgan fingerprint density at radius 2 is 1.17 bits per heavy atom. The highest BCUT2D eigenvalue weighted by Crippen LogP contribution is 2.12. The molecule has 24 heavy (non-hydrogen) atoms. The van der Waals surface area contributed by atoms with Crippen LogP contribution < -0.4 is 0 Å². The minimum atomic E-state index is -0.918. The van der Waals surface area contributed by atoms with Crippen LogP contribution in [0.25, 0.3) is 0 Å². The molecule has 0 radical (unpaired) electrons. The Morgan fingerprint density at radius 3 is 1.62 bits per heavy atom. The van der Waals surface area contributed by atoms with Crippen LogP contribution >= 0.6 is 0 Å². The Kier molecular flexibility index (Phi) is 16.0. The van der Waals surface area contributed by atoms with E-state index in [2.05, 4.69) is 6.92 Å². The Bertz CT molecular complexity index is 318. The summed E-state index contributed by atoms with van der Waals surface area (Å²) in [5, 5.41) is 8.90. The fourth-order valence-electron chi connectivity index (χ4n) is 2.90. The monoisotopic (exact) mass is 341 g/mol. The highest BCUT2D eigenvalue weighted by Gasteiger charge is 2.15. The molecule has 0 aliphatic rings. The molecule has 142 valence electrons. The van der Waals surface area contributed by atoms with E-state index in [0.717, 1.165) is 25.7 Å². The van der Waals surface area contributed by atoms with E-state index in [-0.39, 0.29) is 12.5 Å². The first-order valence-electron chi connectivity index (χ1n) is 10.1. The Morgan fingerprint density at radius 1 is 0.708 bits per heavy atom. The molecule has 0 aromatic rings. The van der Waals surface area contributed by atoms with Crippen molar-refractivity contribution in [2.45, 2.75) is 104 Å². The highest BCUT2D eigenvalue weighted by molar-refractivity contribution is 5.81. The molecule has 4 heteroatoms. The number of carbonyl (C=O) groups excluding carboxylic acids is 1. The van der Waals surface area contributed by atoms with Crippen molar-refractivity contribution in [1.82, 2.24) is 4.90 Å². The maximum atomic E-state index is 12.1. The summed E-state index contributed by atoms with van der Waals surface area (Å²) in [5.74, 6) is -0.917. The Balaban J connectivity index is 3.59. The summed E-state index contributed by atoms with van der Waals surface area (Å²) < 4.78 is 0. The number of carboxylic acid groups (broad SMARTS) is 1. The Labute approximate surface area is 149 Å². The number of carbonyl (C=O) groups is 2. The SMILES string of the molecule is CCCCCCCCCCCCCC(=O)N(CCCC)CC(=O)O. The van der Waals surface area contributed by atoms with E-state index in [9.17, 15) is 9.59 Å². The fraction of sp³-hybridized carbons (Fsp3) is 0.900. The first-order valence-corrected chi connectivity index (χ1v) is 10.1. The number of carboxylic acids is 1. The van der Waals surface area contributed by atoms with Crippen LogP contribution in [0.2, 0.25) is 0 Å². The summed E-state index contributed by atoms with van der Waals surface area (Å²) in [6.07, 6.45) is 16.2. The average molecular weight is 342 g/mol. The standard InChI is InChI=1S/C20H39NO3/c1-3-5-7-8-9-10-11-12-13-14-15-16-19(22)21(17-6-4-2)18-20(23)24/h3-18H2,1-2H3,(H,23,24). The lowest BCUT2D eigenvalue weighted by molar-refractivity contribution is -0.144. The Hall–Kier alpha value is -1.06. The number of amides is 1. The lowest BCUT2D eigenvalue weighted by Gasteiger charge is -2.20. The molecule has 0 aromatic carbocycles. The third kappa shape index (κ3) is 14.5. The number of hydrogen-bond acceptors (Lipinski definition) is 2. The second kappa shape index (κ2) is 16.8. The summed E-state index contributed by atoms with van der Waals surface area (Å²) >= 11 is 0. The number of unbranched alkanes of at least 4 members (excludes halogenated alkanes) is 11. The summed E-state index contributed by atoms with van der Waals surface area (Å²) in [7, 11) is 0. The van der Waals surface area contributed by atoms with Crippen LogP contribution in [0.3, 0.4) is 0 Å². The van der Waals surface area contributed by atoms with Crippen LogP contribution in [0.4, 0.5) is 0 Å². The van der Waals surface area contributed by atoms with Crippen LogP contribution in [0.5, 0.6) is 0 Å². The molecule has 1 amide bonds. The predicted octanol–water partition coefficient (Wildman–Crippen LogP) is 5.40. The topological polar surface area (TPSA) is 57.6 Å². The van der Waals surface area contributed by atoms with E-state index >= 15 is 0 Å². The van der Waals surface area contributed by atoms with Gasteiger partial charge in [-0.2, -0.15) is 0 Å². The molecule has 0 unspecified atom stereocenters. The van der Waals surface area contributed by atoms with Gasteiger partial charge in [0.15, 0.2) is 0 Å². The van der Waals surface area contributed by atoms with Crippen molar-refractivity contribution < 1.29 is 14.7 Å². The molecule has 0 bridgehead atoms.